The summed E-state index contributed by atoms with van der Waals surface area (Å²) >= 11 is 0. The van der Waals surface area contributed by atoms with Crippen LogP contribution in [0.15, 0.2) is 29.3 Å². The van der Waals surface area contributed by atoms with Crippen LogP contribution in [0.3, 0.4) is 0 Å². The third-order valence-electron chi connectivity index (χ3n) is 4.40. The van der Waals surface area contributed by atoms with E-state index in [4.69, 9.17) is 0 Å². The van der Waals surface area contributed by atoms with Crippen molar-refractivity contribution in [2.75, 3.05) is 33.7 Å². The molecule has 7 heteroatoms. The number of benzene rings is 1. The fourth-order valence-electron chi connectivity index (χ4n) is 2.74. The Bertz CT molecular complexity index is 683. The molecule has 1 aliphatic carbocycles. The number of aliphatic imine (C=N–C) groups is 1. The Morgan fingerprint density at radius 1 is 1.21 bits per heavy atom. The van der Waals surface area contributed by atoms with Gasteiger partial charge in [-0.15, -0.1) is 0 Å². The van der Waals surface area contributed by atoms with Gasteiger partial charge >= 0.3 is 0 Å². The molecule has 2 rings (SSSR count). The molecule has 2 amide bonds. The fourth-order valence-corrected chi connectivity index (χ4v) is 2.74. The zero-order valence-electron chi connectivity index (χ0n) is 17.3. The van der Waals surface area contributed by atoms with Gasteiger partial charge in [0, 0.05) is 51.8 Å². The number of hydrogen-bond acceptors (Lipinski definition) is 3. The summed E-state index contributed by atoms with van der Waals surface area (Å²) in [7, 11) is 3.51. The minimum Gasteiger partial charge on any atom is -0.357 e. The van der Waals surface area contributed by atoms with Crippen LogP contribution in [0.4, 0.5) is 0 Å². The SMILES string of the molecule is CCNC(=NCCCC(=O)NC1CC1)NCCc1cccc(C(=O)N(C)C)c1. The minimum atomic E-state index is 0.00966. The third kappa shape index (κ3) is 7.98. The standard InChI is InChI=1S/C21H33N5O2/c1-4-22-21(23-13-6-9-19(27)25-18-10-11-18)24-14-12-16-7-5-8-17(15-16)20(28)26(2)3/h5,7-8,15,18H,4,6,9-14H2,1-3H3,(H,25,27)(H2,22,23,24). The molecule has 1 aromatic rings. The average Bonchev–Trinajstić information content (AvgIpc) is 3.48. The molecular formula is C21H33N5O2. The average molecular weight is 388 g/mol. The van der Waals surface area contributed by atoms with Gasteiger partial charge < -0.3 is 20.9 Å². The van der Waals surface area contributed by atoms with Crippen molar-refractivity contribution >= 4 is 17.8 Å². The molecule has 3 N–H and O–H groups in total. The lowest BCUT2D eigenvalue weighted by Gasteiger charge is -2.13. The van der Waals surface area contributed by atoms with Crippen LogP contribution in [-0.2, 0) is 11.2 Å². The number of amides is 2. The predicted molar refractivity (Wildman–Crippen MR) is 113 cm³/mol. The number of nitrogens with one attached hydrogen (secondary N) is 3. The summed E-state index contributed by atoms with van der Waals surface area (Å²) in [6.07, 6.45) is 4.29. The topological polar surface area (TPSA) is 85.8 Å². The maximum Gasteiger partial charge on any atom is 0.253 e. The Balaban J connectivity index is 1.75. The van der Waals surface area contributed by atoms with E-state index >= 15 is 0 Å². The first-order chi connectivity index (χ1) is 13.5. The molecule has 0 aliphatic heterocycles. The zero-order chi connectivity index (χ0) is 20.4. The first-order valence-corrected chi connectivity index (χ1v) is 10.1. The van der Waals surface area contributed by atoms with Crippen LogP contribution in [0.2, 0.25) is 0 Å². The van der Waals surface area contributed by atoms with Crippen molar-refractivity contribution in [1.29, 1.82) is 0 Å². The van der Waals surface area contributed by atoms with Gasteiger partial charge in [0.25, 0.3) is 5.91 Å². The van der Waals surface area contributed by atoms with Crippen molar-refractivity contribution in [2.24, 2.45) is 4.99 Å². The van der Waals surface area contributed by atoms with Gasteiger partial charge in [-0.3, -0.25) is 14.6 Å². The van der Waals surface area contributed by atoms with Crippen LogP contribution in [-0.4, -0.2) is 62.4 Å². The van der Waals surface area contributed by atoms with Gasteiger partial charge in [-0.2, -0.15) is 0 Å². The number of carbonyl (C=O) groups is 2. The van der Waals surface area contributed by atoms with Crippen molar-refractivity contribution in [3.8, 4) is 0 Å². The predicted octanol–water partition coefficient (Wildman–Crippen LogP) is 1.54. The highest BCUT2D eigenvalue weighted by atomic mass is 16.2. The van der Waals surface area contributed by atoms with Gasteiger partial charge in [0.15, 0.2) is 5.96 Å². The van der Waals surface area contributed by atoms with Gasteiger partial charge in [0.1, 0.15) is 0 Å². The van der Waals surface area contributed by atoms with Crippen LogP contribution >= 0.6 is 0 Å². The maximum atomic E-state index is 12.1. The second-order valence-corrected chi connectivity index (χ2v) is 7.28. The molecule has 0 heterocycles. The molecule has 0 aromatic heterocycles. The quantitative estimate of drug-likeness (QED) is 0.323. The fraction of sp³-hybridized carbons (Fsp3) is 0.571. The molecule has 0 atom stereocenters. The third-order valence-corrected chi connectivity index (χ3v) is 4.40. The van der Waals surface area contributed by atoms with E-state index in [-0.39, 0.29) is 11.8 Å². The summed E-state index contributed by atoms with van der Waals surface area (Å²) in [6.45, 7) is 4.13. The van der Waals surface area contributed by atoms with Crippen LogP contribution in [0, 0.1) is 0 Å². The highest BCUT2D eigenvalue weighted by molar-refractivity contribution is 5.94. The highest BCUT2D eigenvalue weighted by Gasteiger charge is 2.22. The number of guanidine groups is 1. The van der Waals surface area contributed by atoms with E-state index in [1.54, 1.807) is 19.0 Å². The summed E-state index contributed by atoms with van der Waals surface area (Å²) in [4.78, 5) is 29.9. The first kappa shape index (κ1) is 21.7. The zero-order valence-corrected chi connectivity index (χ0v) is 17.3. The Morgan fingerprint density at radius 2 is 2.00 bits per heavy atom. The summed E-state index contributed by atoms with van der Waals surface area (Å²) in [5, 5.41) is 9.53. The van der Waals surface area contributed by atoms with Crippen molar-refractivity contribution < 1.29 is 9.59 Å². The Morgan fingerprint density at radius 3 is 2.68 bits per heavy atom. The Hall–Kier alpha value is -2.57. The number of rotatable bonds is 10. The van der Waals surface area contributed by atoms with Crippen LogP contribution < -0.4 is 16.0 Å². The van der Waals surface area contributed by atoms with Crippen LogP contribution in [0.25, 0.3) is 0 Å². The van der Waals surface area contributed by atoms with E-state index in [0.717, 1.165) is 43.8 Å². The van der Waals surface area contributed by atoms with Crippen molar-refractivity contribution in [1.82, 2.24) is 20.9 Å². The van der Waals surface area contributed by atoms with Crippen molar-refractivity contribution in [2.45, 2.75) is 45.1 Å². The van der Waals surface area contributed by atoms with Gasteiger partial charge in [0.05, 0.1) is 0 Å². The molecule has 0 bridgehead atoms. The second kappa shape index (κ2) is 11.3. The summed E-state index contributed by atoms with van der Waals surface area (Å²) < 4.78 is 0. The summed E-state index contributed by atoms with van der Waals surface area (Å²) in [5.41, 5.74) is 1.81. The Kier molecular flexibility index (Phi) is 8.78. The van der Waals surface area contributed by atoms with Crippen molar-refractivity contribution in [3.63, 3.8) is 0 Å². The largest absolute Gasteiger partial charge is 0.357 e. The Labute approximate surface area is 168 Å². The maximum absolute atomic E-state index is 12.1. The highest BCUT2D eigenvalue weighted by Crippen LogP contribution is 2.18. The molecule has 1 aromatic carbocycles. The molecule has 0 radical (unpaired) electrons. The second-order valence-electron chi connectivity index (χ2n) is 7.28. The molecule has 28 heavy (non-hydrogen) atoms. The molecular weight excluding hydrogens is 354 g/mol. The van der Waals surface area contributed by atoms with E-state index in [1.807, 2.05) is 31.2 Å². The lowest BCUT2D eigenvalue weighted by molar-refractivity contribution is -0.121. The van der Waals surface area contributed by atoms with E-state index in [2.05, 4.69) is 20.9 Å². The number of carbonyl (C=O) groups excluding carboxylic acids is 2. The molecule has 0 saturated heterocycles. The van der Waals surface area contributed by atoms with Gasteiger partial charge in [-0.05, 0) is 50.3 Å². The molecule has 0 unspecified atom stereocenters. The van der Waals surface area contributed by atoms with E-state index in [1.165, 1.54) is 0 Å². The van der Waals surface area contributed by atoms with E-state index in [9.17, 15) is 9.59 Å². The van der Waals surface area contributed by atoms with E-state index < -0.39 is 0 Å². The lowest BCUT2D eigenvalue weighted by atomic mass is 10.1. The smallest absolute Gasteiger partial charge is 0.253 e. The van der Waals surface area contributed by atoms with E-state index in [0.29, 0.717) is 31.1 Å². The van der Waals surface area contributed by atoms with Crippen molar-refractivity contribution in [3.05, 3.63) is 35.4 Å². The normalized spacial score (nSPS) is 13.8. The first-order valence-electron chi connectivity index (χ1n) is 10.1. The van der Waals surface area contributed by atoms with Crippen LogP contribution in [0.1, 0.15) is 48.5 Å². The van der Waals surface area contributed by atoms with Crippen LogP contribution in [0.5, 0.6) is 0 Å². The molecule has 1 fully saturated rings. The van der Waals surface area contributed by atoms with Gasteiger partial charge in [-0.1, -0.05) is 12.1 Å². The molecule has 1 aliphatic rings. The minimum absolute atomic E-state index is 0.00966. The molecule has 0 spiro atoms. The summed E-state index contributed by atoms with van der Waals surface area (Å²) in [5.74, 6) is 0.892. The number of nitrogens with zero attached hydrogens (tertiary/aromatic N) is 2. The molecule has 154 valence electrons. The van der Waals surface area contributed by atoms with Gasteiger partial charge in [0.2, 0.25) is 5.91 Å². The monoisotopic (exact) mass is 387 g/mol. The van der Waals surface area contributed by atoms with Gasteiger partial charge in [-0.25, -0.2) is 0 Å². The summed E-state index contributed by atoms with van der Waals surface area (Å²) in [6, 6.07) is 8.13. The molecule has 7 nitrogen and oxygen atoms in total. The molecule has 1 saturated carbocycles. The number of hydrogen-bond donors (Lipinski definition) is 3. The lowest BCUT2D eigenvalue weighted by Crippen LogP contribution is -2.38.